The topological polar surface area (TPSA) is 151 Å². The molecule has 0 aliphatic rings. The molecule has 13 heteroatoms. The van der Waals surface area contributed by atoms with Crippen molar-refractivity contribution in [2.24, 2.45) is 0 Å². The fraction of sp³-hybridized carbons (Fsp3) is 0.276. The Balaban J connectivity index is 1.85. The number of hydrogen-bond donors (Lipinski definition) is 1. The molecule has 0 aliphatic carbocycles. The summed E-state index contributed by atoms with van der Waals surface area (Å²) in [5.74, 6) is 0.203. The van der Waals surface area contributed by atoms with Gasteiger partial charge in [0.1, 0.15) is 12.8 Å². The fourth-order valence-electron chi connectivity index (χ4n) is 3.70. The largest absolute Gasteiger partial charge is 0.624 e. The second kappa shape index (κ2) is 12.8. The average molecular weight is 593 g/mol. The Bertz CT molecular complexity index is 1660. The maximum atomic E-state index is 13.6. The molecule has 0 atom stereocenters. The van der Waals surface area contributed by atoms with Gasteiger partial charge in [-0.3, -0.25) is 4.72 Å². The predicted molar refractivity (Wildman–Crippen MR) is 158 cm³/mol. The lowest BCUT2D eigenvalue weighted by Crippen LogP contribution is -2.18. The summed E-state index contributed by atoms with van der Waals surface area (Å²) >= 11 is 0. The van der Waals surface area contributed by atoms with Gasteiger partial charge in [-0.1, -0.05) is 45.0 Å². The molecule has 1 N–H and O–H groups in total. The molecule has 0 radical (unpaired) electrons. The lowest BCUT2D eigenvalue weighted by Gasteiger charge is -2.20. The normalized spacial score (nSPS) is 12.1. The molecule has 0 amide bonds. The van der Waals surface area contributed by atoms with Gasteiger partial charge < -0.3 is 19.4 Å². The van der Waals surface area contributed by atoms with Crippen LogP contribution in [0.25, 0.3) is 11.6 Å². The third-order valence-electron chi connectivity index (χ3n) is 5.98. The van der Waals surface area contributed by atoms with E-state index in [1.54, 1.807) is 49.4 Å². The highest BCUT2D eigenvalue weighted by atomic mass is 32.2. The Hall–Kier alpha value is -4.78. The SMILES string of the molecule is C/C=[N+](\[O-])CCOc1nc(-c2ncccn2)nc(NS(=O)(=O)c2ccc(C(C)(C)C)cc2)c1Oc1ccccc1OC. The number of hydroxylamine groups is 1. The lowest BCUT2D eigenvalue weighted by atomic mass is 9.87. The molecule has 12 nitrogen and oxygen atoms in total. The summed E-state index contributed by atoms with van der Waals surface area (Å²) in [5, 5.41) is 11.8. The van der Waals surface area contributed by atoms with E-state index in [1.807, 2.05) is 20.8 Å². The van der Waals surface area contributed by atoms with Crippen LogP contribution in [0.4, 0.5) is 5.82 Å². The average Bonchev–Trinajstić information content (AvgIpc) is 2.98. The first-order chi connectivity index (χ1) is 20.0. The molecule has 4 rings (SSSR count). The van der Waals surface area contributed by atoms with Gasteiger partial charge in [0.25, 0.3) is 15.9 Å². The van der Waals surface area contributed by atoms with E-state index in [1.165, 1.54) is 37.9 Å². The monoisotopic (exact) mass is 592 g/mol. The van der Waals surface area contributed by atoms with Crippen molar-refractivity contribution in [3.63, 3.8) is 0 Å². The van der Waals surface area contributed by atoms with E-state index in [9.17, 15) is 13.6 Å². The van der Waals surface area contributed by atoms with Crippen molar-refractivity contribution >= 4 is 22.1 Å². The Kier molecular flexibility index (Phi) is 9.21. The van der Waals surface area contributed by atoms with E-state index in [0.717, 1.165) is 5.56 Å². The molecule has 0 fully saturated rings. The third-order valence-corrected chi connectivity index (χ3v) is 7.34. The number of aromatic nitrogens is 4. The first kappa shape index (κ1) is 30.2. The lowest BCUT2D eigenvalue weighted by molar-refractivity contribution is -0.455. The van der Waals surface area contributed by atoms with Crippen molar-refractivity contribution in [3.05, 3.63) is 77.8 Å². The molecule has 0 bridgehead atoms. The van der Waals surface area contributed by atoms with Crippen LogP contribution < -0.4 is 18.9 Å². The number of nitrogens with one attached hydrogen (secondary N) is 1. The number of ether oxygens (including phenoxy) is 3. The Morgan fingerprint density at radius 2 is 1.62 bits per heavy atom. The number of benzene rings is 2. The molecular formula is C29H32N6O6S. The van der Waals surface area contributed by atoms with Crippen molar-refractivity contribution in [1.29, 1.82) is 0 Å². The van der Waals surface area contributed by atoms with Crippen molar-refractivity contribution in [2.75, 3.05) is 25.0 Å². The highest BCUT2D eigenvalue weighted by Crippen LogP contribution is 2.41. The minimum absolute atomic E-state index is 0.0119. The molecule has 0 spiro atoms. The van der Waals surface area contributed by atoms with Crippen molar-refractivity contribution in [3.8, 4) is 34.8 Å². The number of nitrogens with zero attached hydrogens (tertiary/aromatic N) is 5. The molecule has 2 heterocycles. The first-order valence-corrected chi connectivity index (χ1v) is 14.5. The Morgan fingerprint density at radius 1 is 0.952 bits per heavy atom. The van der Waals surface area contributed by atoms with Crippen molar-refractivity contribution in [2.45, 2.75) is 38.0 Å². The van der Waals surface area contributed by atoms with Gasteiger partial charge in [-0.25, -0.2) is 28.1 Å². The van der Waals surface area contributed by atoms with Gasteiger partial charge in [0.15, 0.2) is 29.7 Å². The van der Waals surface area contributed by atoms with Crippen LogP contribution in [0.2, 0.25) is 0 Å². The fourth-order valence-corrected chi connectivity index (χ4v) is 4.70. The van der Waals surface area contributed by atoms with E-state index in [4.69, 9.17) is 14.2 Å². The second-order valence-corrected chi connectivity index (χ2v) is 11.7. The van der Waals surface area contributed by atoms with Gasteiger partial charge in [-0.05, 0) is 41.3 Å². The van der Waals surface area contributed by atoms with Crippen LogP contribution in [-0.4, -0.2) is 59.6 Å². The van der Waals surface area contributed by atoms with Crippen LogP contribution in [0.15, 0.2) is 71.9 Å². The van der Waals surface area contributed by atoms with E-state index in [0.29, 0.717) is 10.5 Å². The van der Waals surface area contributed by atoms with Gasteiger partial charge in [-0.2, -0.15) is 4.98 Å². The van der Waals surface area contributed by atoms with Crippen molar-refractivity contribution < 1.29 is 27.4 Å². The minimum Gasteiger partial charge on any atom is -0.624 e. The van der Waals surface area contributed by atoms with Gasteiger partial charge in [0.2, 0.25) is 11.6 Å². The minimum atomic E-state index is -4.17. The van der Waals surface area contributed by atoms with Crippen LogP contribution in [0.5, 0.6) is 23.1 Å². The molecule has 2 aromatic carbocycles. The molecule has 4 aromatic rings. The van der Waals surface area contributed by atoms with Crippen LogP contribution in [0.3, 0.4) is 0 Å². The Morgan fingerprint density at radius 3 is 2.24 bits per heavy atom. The van der Waals surface area contributed by atoms with Gasteiger partial charge in [-0.15, -0.1) is 0 Å². The number of methoxy groups -OCH3 is 1. The number of para-hydroxylation sites is 2. The summed E-state index contributed by atoms with van der Waals surface area (Å²) in [6.45, 7) is 7.60. The highest BCUT2D eigenvalue weighted by molar-refractivity contribution is 7.92. The smallest absolute Gasteiger partial charge is 0.264 e. The standard InChI is InChI=1S/C29H32N6O6S/c1-6-35(36)18-19-40-28-24(41-23-11-8-7-10-22(23)39-5)25(32-27(33-28)26-30-16-9-17-31-26)34-42(37,38)21-14-12-20(13-15-21)29(2,3)4/h6-17H,18-19H2,1-5H3,(H,32,33,34)/b35-6-. The zero-order valence-electron chi connectivity index (χ0n) is 23.9. The number of anilines is 1. The highest BCUT2D eigenvalue weighted by Gasteiger charge is 2.26. The second-order valence-electron chi connectivity index (χ2n) is 9.98. The molecule has 2 aromatic heterocycles. The summed E-state index contributed by atoms with van der Waals surface area (Å²) < 4.78 is 47.9. The molecule has 42 heavy (non-hydrogen) atoms. The zero-order valence-corrected chi connectivity index (χ0v) is 24.8. The number of rotatable bonds is 11. The van der Waals surface area contributed by atoms with Crippen LogP contribution >= 0.6 is 0 Å². The maximum absolute atomic E-state index is 13.6. The molecule has 0 saturated carbocycles. The molecule has 0 unspecified atom stereocenters. The molecule has 220 valence electrons. The molecular weight excluding hydrogens is 560 g/mol. The van der Waals surface area contributed by atoms with Gasteiger partial charge >= 0.3 is 0 Å². The molecule has 0 aliphatic heterocycles. The van der Waals surface area contributed by atoms with E-state index < -0.39 is 10.0 Å². The summed E-state index contributed by atoms with van der Waals surface area (Å²) in [6, 6.07) is 15.0. The van der Waals surface area contributed by atoms with Crippen LogP contribution in [-0.2, 0) is 15.4 Å². The number of hydrogen-bond acceptors (Lipinski definition) is 10. The molecule has 0 saturated heterocycles. The number of sulfonamides is 1. The summed E-state index contributed by atoms with van der Waals surface area (Å²) in [5.41, 5.74) is 0.809. The van der Waals surface area contributed by atoms with Gasteiger partial charge in [0.05, 0.1) is 12.0 Å². The summed E-state index contributed by atoms with van der Waals surface area (Å²) in [7, 11) is -2.70. The maximum Gasteiger partial charge on any atom is 0.264 e. The zero-order chi connectivity index (χ0) is 30.3. The van der Waals surface area contributed by atoms with Crippen molar-refractivity contribution in [1.82, 2.24) is 19.9 Å². The van der Waals surface area contributed by atoms with Gasteiger partial charge in [0, 0.05) is 19.3 Å². The Labute approximate surface area is 244 Å². The quantitative estimate of drug-likeness (QED) is 0.111. The predicted octanol–water partition coefficient (Wildman–Crippen LogP) is 4.81. The summed E-state index contributed by atoms with van der Waals surface area (Å²) in [6.07, 6.45) is 4.35. The van der Waals surface area contributed by atoms with E-state index in [2.05, 4.69) is 24.7 Å². The van der Waals surface area contributed by atoms with E-state index >= 15 is 0 Å². The first-order valence-electron chi connectivity index (χ1n) is 13.0. The third kappa shape index (κ3) is 7.29. The summed E-state index contributed by atoms with van der Waals surface area (Å²) in [4.78, 5) is 17.2. The van der Waals surface area contributed by atoms with Crippen LogP contribution in [0, 0.1) is 5.21 Å². The van der Waals surface area contributed by atoms with Crippen LogP contribution in [0.1, 0.15) is 33.3 Å². The van der Waals surface area contributed by atoms with E-state index in [-0.39, 0.29) is 58.3 Å².